The summed E-state index contributed by atoms with van der Waals surface area (Å²) >= 11 is 0. The van der Waals surface area contributed by atoms with Crippen molar-refractivity contribution in [2.75, 3.05) is 20.1 Å². The Labute approximate surface area is 46.6 Å². The number of urea groups is 1. The van der Waals surface area contributed by atoms with Crippen LogP contribution in [0, 0.1) is 0 Å². The van der Waals surface area contributed by atoms with Crippen LogP contribution in [-0.2, 0) is 0 Å². The van der Waals surface area contributed by atoms with Crippen molar-refractivity contribution in [2.24, 2.45) is 0 Å². The molecule has 46 valence electrons. The smallest absolute Gasteiger partial charge is 0.324 e. The molecule has 4 heteroatoms. The van der Waals surface area contributed by atoms with Crippen LogP contribution in [0.15, 0.2) is 0 Å². The van der Waals surface area contributed by atoms with E-state index in [4.69, 9.17) is 0 Å². The molecule has 0 N–H and O–H groups in total. The molecule has 0 aromatic rings. The van der Waals surface area contributed by atoms with Crippen LogP contribution in [-0.4, -0.2) is 36.2 Å². The van der Waals surface area contributed by atoms with Gasteiger partial charge in [-0.3, -0.25) is 0 Å². The fourth-order valence-corrected chi connectivity index (χ4v) is 0.614. The molecule has 3 nitrogen and oxygen atoms in total. The van der Waals surface area contributed by atoms with Gasteiger partial charge in [-0.1, -0.05) is 4.48 Å². The van der Waals surface area contributed by atoms with E-state index in [1.807, 2.05) is 0 Å². The van der Waals surface area contributed by atoms with Crippen LogP contribution in [0.1, 0.15) is 0 Å². The monoisotopic (exact) mass is 118 g/mol. The van der Waals surface area contributed by atoms with E-state index < -0.39 is 6.03 Å². The summed E-state index contributed by atoms with van der Waals surface area (Å²) in [6, 6.07) is -0.537. The van der Waals surface area contributed by atoms with Crippen LogP contribution >= 0.6 is 0 Å². The summed E-state index contributed by atoms with van der Waals surface area (Å²) in [6.45, 7) is 0.699. The predicted molar refractivity (Wildman–Crippen MR) is 25.8 cm³/mol. The van der Waals surface area contributed by atoms with Crippen molar-refractivity contribution in [3.05, 3.63) is 0 Å². The lowest BCUT2D eigenvalue weighted by molar-refractivity contribution is 0.0867. The summed E-state index contributed by atoms with van der Waals surface area (Å²) in [4.78, 5) is 11.7. The van der Waals surface area contributed by atoms with E-state index >= 15 is 0 Å². The standard InChI is InChI=1S/C4H7FN2O/c1-6-2-3-7(5)4(6)8/h2-3H2,1H3. The molecule has 0 aromatic heterocycles. The summed E-state index contributed by atoms with van der Waals surface area (Å²) in [5.74, 6) is 0. The third-order valence-corrected chi connectivity index (χ3v) is 1.17. The van der Waals surface area contributed by atoms with Crippen molar-refractivity contribution in [2.45, 2.75) is 0 Å². The first kappa shape index (κ1) is 5.34. The molecule has 1 aliphatic rings. The Balaban J connectivity index is 2.57. The molecule has 0 unspecified atom stereocenters. The lowest BCUT2D eigenvalue weighted by Crippen LogP contribution is -2.23. The van der Waals surface area contributed by atoms with E-state index in [-0.39, 0.29) is 11.7 Å². The van der Waals surface area contributed by atoms with Crippen LogP contribution in [0.3, 0.4) is 0 Å². The van der Waals surface area contributed by atoms with Gasteiger partial charge in [0.1, 0.15) is 0 Å². The molecule has 0 aromatic carbocycles. The second kappa shape index (κ2) is 1.61. The largest absolute Gasteiger partial charge is 0.347 e. The van der Waals surface area contributed by atoms with E-state index in [0.29, 0.717) is 6.54 Å². The lowest BCUT2D eigenvalue weighted by Gasteiger charge is -2.03. The minimum Gasteiger partial charge on any atom is -0.324 e. The van der Waals surface area contributed by atoms with Gasteiger partial charge in [0.2, 0.25) is 0 Å². The molecule has 1 saturated heterocycles. The summed E-state index contributed by atoms with van der Waals surface area (Å²) in [7, 11) is 1.57. The molecular weight excluding hydrogens is 111 g/mol. The number of halogens is 1. The van der Waals surface area contributed by atoms with Gasteiger partial charge < -0.3 is 4.90 Å². The van der Waals surface area contributed by atoms with Gasteiger partial charge in [0.25, 0.3) is 0 Å². The van der Waals surface area contributed by atoms with Crippen molar-refractivity contribution in [3.63, 3.8) is 0 Å². The summed E-state index contributed by atoms with van der Waals surface area (Å²) in [5.41, 5.74) is 0. The fourth-order valence-electron chi connectivity index (χ4n) is 0.614. The van der Waals surface area contributed by atoms with Crippen LogP contribution in [0.5, 0.6) is 0 Å². The highest BCUT2D eigenvalue weighted by molar-refractivity contribution is 5.74. The molecule has 1 fully saturated rings. The van der Waals surface area contributed by atoms with Crippen LogP contribution in [0.2, 0.25) is 0 Å². The Morgan fingerprint density at radius 2 is 2.25 bits per heavy atom. The van der Waals surface area contributed by atoms with Gasteiger partial charge in [-0.2, -0.15) is 5.12 Å². The van der Waals surface area contributed by atoms with Crippen LogP contribution < -0.4 is 0 Å². The van der Waals surface area contributed by atoms with Crippen LogP contribution in [0.25, 0.3) is 0 Å². The van der Waals surface area contributed by atoms with Crippen molar-refractivity contribution < 1.29 is 9.28 Å². The minimum atomic E-state index is -0.537. The molecule has 0 atom stereocenters. The molecule has 1 heterocycles. The maximum absolute atomic E-state index is 12.0. The summed E-state index contributed by atoms with van der Waals surface area (Å²) in [6.07, 6.45) is 0. The Bertz CT molecular complexity index is 105. The molecule has 1 aliphatic heterocycles. The van der Waals surface area contributed by atoms with E-state index in [0.717, 1.165) is 0 Å². The van der Waals surface area contributed by atoms with Crippen LogP contribution in [0.4, 0.5) is 9.28 Å². The van der Waals surface area contributed by atoms with Crippen molar-refractivity contribution in [1.82, 2.24) is 10.0 Å². The van der Waals surface area contributed by atoms with Gasteiger partial charge in [0.05, 0.1) is 6.54 Å². The van der Waals surface area contributed by atoms with E-state index in [1.165, 1.54) is 4.90 Å². The SMILES string of the molecule is CN1CCN(F)C1=O. The van der Waals surface area contributed by atoms with E-state index in [2.05, 4.69) is 0 Å². The highest BCUT2D eigenvalue weighted by Gasteiger charge is 2.24. The molecule has 0 spiro atoms. The minimum absolute atomic E-state index is 0.204. The molecule has 0 aliphatic carbocycles. The molecule has 2 amide bonds. The average Bonchev–Trinajstić information content (AvgIpc) is 1.98. The Kier molecular flexibility index (Phi) is 1.08. The zero-order valence-electron chi connectivity index (χ0n) is 4.59. The van der Waals surface area contributed by atoms with Gasteiger partial charge >= 0.3 is 6.03 Å². The van der Waals surface area contributed by atoms with Gasteiger partial charge in [0, 0.05) is 13.6 Å². The highest BCUT2D eigenvalue weighted by Crippen LogP contribution is 2.04. The third-order valence-electron chi connectivity index (χ3n) is 1.17. The fraction of sp³-hybridized carbons (Fsp3) is 0.750. The third kappa shape index (κ3) is 0.616. The second-order valence-corrected chi connectivity index (χ2v) is 1.79. The van der Waals surface area contributed by atoms with Crippen molar-refractivity contribution in [1.29, 1.82) is 0 Å². The maximum Gasteiger partial charge on any atom is 0.347 e. The van der Waals surface area contributed by atoms with Crippen molar-refractivity contribution >= 4 is 6.03 Å². The Morgan fingerprint density at radius 3 is 2.38 bits per heavy atom. The number of hydrogen-bond donors (Lipinski definition) is 0. The first-order chi connectivity index (χ1) is 3.72. The van der Waals surface area contributed by atoms with Gasteiger partial charge in [-0.05, 0) is 0 Å². The average molecular weight is 118 g/mol. The number of hydrogen-bond acceptors (Lipinski definition) is 1. The molecular formula is C4H7FN2O. The van der Waals surface area contributed by atoms with Gasteiger partial charge in [0.15, 0.2) is 0 Å². The molecule has 0 saturated carbocycles. The Hall–Kier alpha value is -0.800. The molecule has 0 radical (unpaired) electrons. The number of nitrogens with zero attached hydrogens (tertiary/aromatic N) is 2. The normalized spacial score (nSPS) is 20.5. The first-order valence-corrected chi connectivity index (χ1v) is 2.40. The molecule has 0 bridgehead atoms. The molecule has 8 heavy (non-hydrogen) atoms. The Morgan fingerprint density at radius 1 is 1.62 bits per heavy atom. The van der Waals surface area contributed by atoms with Crippen molar-refractivity contribution in [3.8, 4) is 0 Å². The summed E-state index contributed by atoms with van der Waals surface area (Å²) in [5, 5.41) is 0.208. The zero-order chi connectivity index (χ0) is 6.15. The number of amides is 2. The lowest BCUT2D eigenvalue weighted by atomic mass is 10.7. The van der Waals surface area contributed by atoms with E-state index in [1.54, 1.807) is 7.05 Å². The molecule has 1 rings (SSSR count). The first-order valence-electron chi connectivity index (χ1n) is 2.40. The predicted octanol–water partition coefficient (Wildman–Crippen LogP) is 0.238. The van der Waals surface area contributed by atoms with E-state index in [9.17, 15) is 9.28 Å². The summed E-state index contributed by atoms with van der Waals surface area (Å²) < 4.78 is 12.0. The number of carbonyl (C=O) groups is 1. The topological polar surface area (TPSA) is 23.6 Å². The highest BCUT2D eigenvalue weighted by atomic mass is 19.2. The maximum atomic E-state index is 12.0. The van der Waals surface area contributed by atoms with Gasteiger partial charge in [-0.15, -0.1) is 0 Å². The second-order valence-electron chi connectivity index (χ2n) is 1.79. The number of carbonyl (C=O) groups excluding carboxylic acids is 1. The quantitative estimate of drug-likeness (QED) is 0.418. The zero-order valence-corrected chi connectivity index (χ0v) is 4.59. The number of likely N-dealkylation sites (N-methyl/N-ethyl adjacent to an activating group) is 1. The van der Waals surface area contributed by atoms with Gasteiger partial charge in [-0.25, -0.2) is 4.79 Å². The number of rotatable bonds is 0.